The van der Waals surface area contributed by atoms with Crippen LogP contribution >= 0.6 is 0 Å². The highest BCUT2D eigenvalue weighted by atomic mass is 16.5. The number of benzene rings is 1. The van der Waals surface area contributed by atoms with Crippen LogP contribution in [0.25, 0.3) is 0 Å². The highest BCUT2D eigenvalue weighted by molar-refractivity contribution is 5.96. The number of carbonyl (C=O) groups is 2. The van der Waals surface area contributed by atoms with Crippen LogP contribution in [0.1, 0.15) is 24.2 Å². The first-order chi connectivity index (χ1) is 6.52. The van der Waals surface area contributed by atoms with Gasteiger partial charge in [-0.05, 0) is 19.1 Å². The van der Waals surface area contributed by atoms with Crippen LogP contribution in [-0.2, 0) is 4.79 Å². The van der Waals surface area contributed by atoms with E-state index in [1.54, 1.807) is 18.2 Å². The number of nitrogens with zero attached hydrogens (tertiary/aromatic N) is 1. The highest BCUT2D eigenvalue weighted by Crippen LogP contribution is 2.14. The molecule has 0 saturated carbocycles. The Morgan fingerprint density at radius 2 is 1.93 bits per heavy atom. The lowest BCUT2D eigenvalue weighted by atomic mass is 10.1. The van der Waals surface area contributed by atoms with Gasteiger partial charge in [-0.25, -0.2) is 0 Å². The molecule has 0 aliphatic rings. The normalized spacial score (nSPS) is 9.64. The molecule has 1 amide bonds. The van der Waals surface area contributed by atoms with E-state index in [4.69, 9.17) is 0 Å². The largest absolute Gasteiger partial charge is 0.295 e. The first-order valence-corrected chi connectivity index (χ1v) is 4.13. The van der Waals surface area contributed by atoms with Crippen molar-refractivity contribution in [1.82, 2.24) is 0 Å². The molecule has 4 nitrogen and oxygen atoms in total. The lowest BCUT2D eigenvalue weighted by molar-refractivity contribution is -0.121. The van der Waals surface area contributed by atoms with E-state index >= 15 is 0 Å². The van der Waals surface area contributed by atoms with E-state index in [1.807, 2.05) is 0 Å². The van der Waals surface area contributed by atoms with Gasteiger partial charge in [0.05, 0.1) is 5.69 Å². The van der Waals surface area contributed by atoms with Crippen molar-refractivity contribution in [3.8, 4) is 0 Å². The molecular formula is C10H11NO3. The second-order valence-corrected chi connectivity index (χ2v) is 2.94. The maximum absolute atomic E-state index is 11.0. The van der Waals surface area contributed by atoms with Gasteiger partial charge in [0.1, 0.15) is 0 Å². The van der Waals surface area contributed by atoms with E-state index in [-0.39, 0.29) is 5.78 Å². The average molecular weight is 193 g/mol. The van der Waals surface area contributed by atoms with Crippen LogP contribution < -0.4 is 5.06 Å². The number of hydrogen-bond donors (Lipinski definition) is 1. The Bertz CT molecular complexity index is 373. The number of rotatable bonds is 2. The Morgan fingerprint density at radius 1 is 1.29 bits per heavy atom. The smallest absolute Gasteiger partial charge is 0.247 e. The Balaban J connectivity index is 3.05. The van der Waals surface area contributed by atoms with Crippen molar-refractivity contribution >= 4 is 17.4 Å². The average Bonchev–Trinajstić information content (AvgIpc) is 2.16. The number of Topliss-reactive ketones (excluding diaryl/α,β-unsaturated/α-hetero) is 1. The molecule has 1 aromatic carbocycles. The quantitative estimate of drug-likeness (QED) is 0.441. The molecule has 0 spiro atoms. The maximum atomic E-state index is 11.0. The lowest BCUT2D eigenvalue weighted by Crippen LogP contribution is -2.23. The van der Waals surface area contributed by atoms with Gasteiger partial charge in [0, 0.05) is 12.5 Å². The number of amides is 1. The standard InChI is InChI=1S/C10H11NO3/c1-7(12)9-4-3-5-10(6-9)11(14)8(2)13/h3-6,14H,1-2H3. The van der Waals surface area contributed by atoms with Crippen molar-refractivity contribution in [2.75, 3.05) is 5.06 Å². The molecule has 0 aromatic heterocycles. The van der Waals surface area contributed by atoms with Crippen molar-refractivity contribution in [2.45, 2.75) is 13.8 Å². The molecule has 4 heteroatoms. The number of anilines is 1. The second kappa shape index (κ2) is 4.02. The molecule has 0 saturated heterocycles. The summed E-state index contributed by atoms with van der Waals surface area (Å²) < 4.78 is 0. The SMILES string of the molecule is CC(=O)c1cccc(N(O)C(C)=O)c1. The molecule has 14 heavy (non-hydrogen) atoms. The molecule has 0 aliphatic carbocycles. The molecule has 1 N–H and O–H groups in total. The predicted octanol–water partition coefficient (Wildman–Crippen LogP) is 1.63. The van der Waals surface area contributed by atoms with E-state index in [9.17, 15) is 14.8 Å². The molecule has 0 radical (unpaired) electrons. The Labute approximate surface area is 81.7 Å². The van der Waals surface area contributed by atoms with E-state index < -0.39 is 5.91 Å². The van der Waals surface area contributed by atoms with Gasteiger partial charge in [-0.3, -0.25) is 14.8 Å². The molecule has 1 aromatic rings. The molecule has 0 fully saturated rings. The predicted molar refractivity (Wildman–Crippen MR) is 51.4 cm³/mol. The van der Waals surface area contributed by atoms with E-state index in [0.29, 0.717) is 16.3 Å². The van der Waals surface area contributed by atoms with Gasteiger partial charge in [0.2, 0.25) is 5.91 Å². The van der Waals surface area contributed by atoms with Crippen molar-refractivity contribution in [2.24, 2.45) is 0 Å². The summed E-state index contributed by atoms with van der Waals surface area (Å²) in [6, 6.07) is 6.25. The third-order valence-corrected chi connectivity index (χ3v) is 1.80. The first kappa shape index (κ1) is 10.4. The first-order valence-electron chi connectivity index (χ1n) is 4.13. The summed E-state index contributed by atoms with van der Waals surface area (Å²) >= 11 is 0. The molecule has 0 heterocycles. The minimum atomic E-state index is -0.495. The summed E-state index contributed by atoms with van der Waals surface area (Å²) in [5, 5.41) is 9.78. The fourth-order valence-electron chi connectivity index (χ4n) is 1.04. The Kier molecular flexibility index (Phi) is 2.99. The summed E-state index contributed by atoms with van der Waals surface area (Å²) in [7, 11) is 0. The fraction of sp³-hybridized carbons (Fsp3) is 0.200. The van der Waals surface area contributed by atoms with Crippen molar-refractivity contribution in [1.29, 1.82) is 0 Å². The van der Waals surface area contributed by atoms with Crippen LogP contribution in [0.2, 0.25) is 0 Å². The summed E-state index contributed by atoms with van der Waals surface area (Å²) in [5.74, 6) is -0.602. The van der Waals surface area contributed by atoms with Crippen molar-refractivity contribution in [3.63, 3.8) is 0 Å². The maximum Gasteiger partial charge on any atom is 0.247 e. The summed E-state index contributed by atoms with van der Waals surface area (Å²) in [5.41, 5.74) is 0.757. The third-order valence-electron chi connectivity index (χ3n) is 1.80. The van der Waals surface area contributed by atoms with Crippen molar-refractivity contribution < 1.29 is 14.8 Å². The van der Waals surface area contributed by atoms with Crippen LogP contribution in [0.15, 0.2) is 24.3 Å². The van der Waals surface area contributed by atoms with Gasteiger partial charge in [-0.15, -0.1) is 0 Å². The Hall–Kier alpha value is -1.68. The second-order valence-electron chi connectivity index (χ2n) is 2.94. The topological polar surface area (TPSA) is 57.6 Å². The van der Waals surface area contributed by atoms with E-state index in [0.717, 1.165) is 0 Å². The van der Waals surface area contributed by atoms with Crippen LogP contribution in [0, 0.1) is 0 Å². The molecule has 0 aliphatic heterocycles. The third kappa shape index (κ3) is 2.17. The number of hydroxylamine groups is 1. The summed E-state index contributed by atoms with van der Waals surface area (Å²) in [4.78, 5) is 21.8. The molecular weight excluding hydrogens is 182 g/mol. The molecule has 0 unspecified atom stereocenters. The van der Waals surface area contributed by atoms with Gasteiger partial charge < -0.3 is 0 Å². The molecule has 1 rings (SSSR count). The van der Waals surface area contributed by atoms with Crippen LogP contribution in [0.3, 0.4) is 0 Å². The zero-order chi connectivity index (χ0) is 10.7. The number of carbonyl (C=O) groups excluding carboxylic acids is 2. The summed E-state index contributed by atoms with van der Waals surface area (Å²) in [6.45, 7) is 2.66. The zero-order valence-electron chi connectivity index (χ0n) is 8.02. The van der Waals surface area contributed by atoms with Crippen LogP contribution in [0.4, 0.5) is 5.69 Å². The van der Waals surface area contributed by atoms with Gasteiger partial charge in [0.15, 0.2) is 5.78 Å². The van der Waals surface area contributed by atoms with E-state index in [2.05, 4.69) is 0 Å². The molecule has 0 bridgehead atoms. The molecule has 0 atom stereocenters. The van der Waals surface area contributed by atoms with Crippen LogP contribution in [0.5, 0.6) is 0 Å². The van der Waals surface area contributed by atoms with E-state index in [1.165, 1.54) is 19.9 Å². The molecule has 74 valence electrons. The summed E-state index contributed by atoms with van der Waals surface area (Å²) in [6.07, 6.45) is 0. The minimum absolute atomic E-state index is 0.108. The van der Waals surface area contributed by atoms with Crippen LogP contribution in [-0.4, -0.2) is 16.9 Å². The van der Waals surface area contributed by atoms with Gasteiger partial charge >= 0.3 is 0 Å². The van der Waals surface area contributed by atoms with Gasteiger partial charge in [-0.1, -0.05) is 12.1 Å². The Morgan fingerprint density at radius 3 is 2.43 bits per heavy atom. The fourth-order valence-corrected chi connectivity index (χ4v) is 1.04. The number of hydrogen-bond acceptors (Lipinski definition) is 3. The minimum Gasteiger partial charge on any atom is -0.295 e. The van der Waals surface area contributed by atoms with Crippen molar-refractivity contribution in [3.05, 3.63) is 29.8 Å². The zero-order valence-corrected chi connectivity index (χ0v) is 8.02. The number of ketones is 1. The lowest BCUT2D eigenvalue weighted by Gasteiger charge is -2.12. The van der Waals surface area contributed by atoms with Gasteiger partial charge in [0.25, 0.3) is 0 Å². The highest BCUT2D eigenvalue weighted by Gasteiger charge is 2.09. The monoisotopic (exact) mass is 193 g/mol. The van der Waals surface area contributed by atoms with Gasteiger partial charge in [-0.2, -0.15) is 5.06 Å².